The maximum Gasteiger partial charge on any atom is 0.257 e. The summed E-state index contributed by atoms with van der Waals surface area (Å²) < 4.78 is 25.0. The minimum Gasteiger partial charge on any atom is -0.497 e. The van der Waals surface area contributed by atoms with Crippen LogP contribution in [0.3, 0.4) is 0 Å². The van der Waals surface area contributed by atoms with E-state index in [0.717, 1.165) is 5.56 Å². The van der Waals surface area contributed by atoms with Gasteiger partial charge in [-0.25, -0.2) is 4.39 Å². The van der Waals surface area contributed by atoms with E-state index in [1.807, 2.05) is 0 Å². The number of nitrogens with one attached hydrogen (secondary N) is 1. The zero-order valence-electron chi connectivity index (χ0n) is 14.4. The Labute approximate surface area is 150 Å². The molecule has 0 spiro atoms. The Kier molecular flexibility index (Phi) is 5.17. The third kappa shape index (κ3) is 4.18. The lowest BCUT2D eigenvalue weighted by molar-refractivity contribution is 0.102. The van der Waals surface area contributed by atoms with Crippen molar-refractivity contribution in [3.8, 4) is 11.5 Å². The monoisotopic (exact) mass is 355 g/mol. The molecule has 0 aliphatic rings. The summed E-state index contributed by atoms with van der Waals surface area (Å²) in [5.74, 6) is 0.858. The molecule has 26 heavy (non-hydrogen) atoms. The van der Waals surface area contributed by atoms with E-state index in [9.17, 15) is 9.18 Å². The lowest BCUT2D eigenvalue weighted by Gasteiger charge is -2.08. The van der Waals surface area contributed by atoms with Crippen molar-refractivity contribution in [2.24, 2.45) is 0 Å². The molecular weight excluding hydrogens is 337 g/mol. The summed E-state index contributed by atoms with van der Waals surface area (Å²) in [6, 6.07) is 12.8. The average Bonchev–Trinajstić information content (AvgIpc) is 3.09. The summed E-state index contributed by atoms with van der Waals surface area (Å²) in [4.78, 5) is 12.4. The molecule has 0 saturated carbocycles. The normalized spacial score (nSPS) is 10.4. The first-order valence-corrected chi connectivity index (χ1v) is 7.89. The second kappa shape index (κ2) is 7.69. The summed E-state index contributed by atoms with van der Waals surface area (Å²) >= 11 is 0. The highest BCUT2D eigenvalue weighted by Gasteiger charge is 2.11. The maximum atomic E-state index is 13.0. The van der Waals surface area contributed by atoms with Crippen LogP contribution in [0, 0.1) is 5.82 Å². The predicted octanol–water partition coefficient (Wildman–Crippen LogP) is 3.34. The van der Waals surface area contributed by atoms with Gasteiger partial charge in [0.1, 0.15) is 17.3 Å². The van der Waals surface area contributed by atoms with Crippen molar-refractivity contribution < 1.29 is 18.7 Å². The number of amides is 1. The molecule has 3 rings (SSSR count). The summed E-state index contributed by atoms with van der Waals surface area (Å²) in [7, 11) is 3.04. The third-order valence-electron chi connectivity index (χ3n) is 3.75. The van der Waals surface area contributed by atoms with Gasteiger partial charge in [0.15, 0.2) is 5.82 Å². The minimum atomic E-state index is -0.325. The van der Waals surface area contributed by atoms with Gasteiger partial charge in [-0.2, -0.15) is 5.10 Å². The first kappa shape index (κ1) is 17.5. The molecule has 0 unspecified atom stereocenters. The van der Waals surface area contributed by atoms with Crippen LogP contribution >= 0.6 is 0 Å². The minimum absolute atomic E-state index is 0.282. The number of halogens is 1. The van der Waals surface area contributed by atoms with Crippen LogP contribution in [0.25, 0.3) is 0 Å². The van der Waals surface area contributed by atoms with E-state index in [-0.39, 0.29) is 11.7 Å². The fourth-order valence-electron chi connectivity index (χ4n) is 2.42. The van der Waals surface area contributed by atoms with E-state index in [1.165, 1.54) is 26.4 Å². The highest BCUT2D eigenvalue weighted by atomic mass is 19.1. The van der Waals surface area contributed by atoms with E-state index in [4.69, 9.17) is 9.47 Å². The quantitative estimate of drug-likeness (QED) is 0.736. The van der Waals surface area contributed by atoms with E-state index in [1.54, 1.807) is 47.3 Å². The van der Waals surface area contributed by atoms with E-state index >= 15 is 0 Å². The first-order valence-electron chi connectivity index (χ1n) is 7.89. The number of anilines is 1. The Bertz CT molecular complexity index is 884. The number of aromatic nitrogens is 2. The van der Waals surface area contributed by atoms with Crippen LogP contribution in [0.1, 0.15) is 15.9 Å². The predicted molar refractivity (Wildman–Crippen MR) is 95.2 cm³/mol. The molecule has 7 heteroatoms. The van der Waals surface area contributed by atoms with Gasteiger partial charge in [0, 0.05) is 23.9 Å². The molecule has 1 amide bonds. The Morgan fingerprint density at radius 2 is 1.73 bits per heavy atom. The number of nitrogens with zero attached hydrogens (tertiary/aromatic N) is 2. The van der Waals surface area contributed by atoms with Crippen LogP contribution in [0.15, 0.2) is 54.7 Å². The molecule has 0 bridgehead atoms. The van der Waals surface area contributed by atoms with Crippen molar-refractivity contribution >= 4 is 11.7 Å². The standard InChI is InChI=1S/C19H18FN3O3/c1-25-16-9-14(10-17(11-16)26-2)19(24)21-18-7-8-23(22-18)12-13-3-5-15(20)6-4-13/h3-11H,12H2,1-2H3,(H,21,22,24). The van der Waals surface area contributed by atoms with Crippen LogP contribution < -0.4 is 14.8 Å². The highest BCUT2D eigenvalue weighted by molar-refractivity contribution is 6.04. The van der Waals surface area contributed by atoms with Crippen LogP contribution in [-0.4, -0.2) is 29.9 Å². The van der Waals surface area contributed by atoms with Crippen molar-refractivity contribution in [2.45, 2.75) is 6.54 Å². The van der Waals surface area contributed by atoms with Gasteiger partial charge in [0.2, 0.25) is 0 Å². The van der Waals surface area contributed by atoms with Crippen LogP contribution in [0.5, 0.6) is 11.5 Å². The number of hydrogen-bond donors (Lipinski definition) is 1. The molecule has 0 aliphatic carbocycles. The summed E-state index contributed by atoms with van der Waals surface area (Å²) in [6.07, 6.45) is 1.74. The number of methoxy groups -OCH3 is 2. The van der Waals surface area contributed by atoms with Gasteiger partial charge in [-0.1, -0.05) is 12.1 Å². The Morgan fingerprint density at radius 3 is 2.35 bits per heavy atom. The van der Waals surface area contributed by atoms with Gasteiger partial charge >= 0.3 is 0 Å². The van der Waals surface area contributed by atoms with Gasteiger partial charge in [-0.3, -0.25) is 9.48 Å². The SMILES string of the molecule is COc1cc(OC)cc(C(=O)Nc2ccn(Cc3ccc(F)cc3)n2)c1. The topological polar surface area (TPSA) is 65.4 Å². The Hall–Kier alpha value is -3.35. The lowest BCUT2D eigenvalue weighted by Crippen LogP contribution is -2.13. The fourth-order valence-corrected chi connectivity index (χ4v) is 2.42. The van der Waals surface area contributed by atoms with Crippen molar-refractivity contribution in [1.82, 2.24) is 9.78 Å². The van der Waals surface area contributed by atoms with Gasteiger partial charge in [-0.05, 0) is 29.8 Å². The number of benzene rings is 2. The number of carbonyl (C=O) groups is 1. The number of carbonyl (C=O) groups excluding carboxylic acids is 1. The summed E-state index contributed by atoms with van der Waals surface area (Å²) in [5, 5.41) is 7.04. The number of ether oxygens (including phenoxy) is 2. The molecule has 1 N–H and O–H groups in total. The molecular formula is C19H18FN3O3. The van der Waals surface area contributed by atoms with Crippen molar-refractivity contribution in [2.75, 3.05) is 19.5 Å². The van der Waals surface area contributed by atoms with E-state index in [2.05, 4.69) is 10.4 Å². The maximum absolute atomic E-state index is 13.0. The third-order valence-corrected chi connectivity index (χ3v) is 3.75. The molecule has 1 heterocycles. The van der Waals surface area contributed by atoms with Gasteiger partial charge in [-0.15, -0.1) is 0 Å². The molecule has 2 aromatic carbocycles. The largest absolute Gasteiger partial charge is 0.497 e. The molecule has 1 aromatic heterocycles. The molecule has 3 aromatic rings. The molecule has 0 fully saturated rings. The number of hydrogen-bond acceptors (Lipinski definition) is 4. The first-order chi connectivity index (χ1) is 12.6. The fraction of sp³-hybridized carbons (Fsp3) is 0.158. The summed E-state index contributed by atoms with van der Waals surface area (Å²) in [5.41, 5.74) is 1.30. The smallest absolute Gasteiger partial charge is 0.257 e. The van der Waals surface area contributed by atoms with Gasteiger partial charge < -0.3 is 14.8 Å². The highest BCUT2D eigenvalue weighted by Crippen LogP contribution is 2.23. The molecule has 0 atom stereocenters. The van der Waals surface area contributed by atoms with Crippen LogP contribution in [0.2, 0.25) is 0 Å². The summed E-state index contributed by atoms with van der Waals surface area (Å²) in [6.45, 7) is 0.475. The van der Waals surface area contributed by atoms with Crippen molar-refractivity contribution in [3.05, 3.63) is 71.7 Å². The molecule has 134 valence electrons. The second-order valence-electron chi connectivity index (χ2n) is 5.58. The van der Waals surface area contributed by atoms with Gasteiger partial charge in [0.25, 0.3) is 5.91 Å². The lowest BCUT2D eigenvalue weighted by atomic mass is 10.2. The number of rotatable bonds is 6. The average molecular weight is 355 g/mol. The van der Waals surface area contributed by atoms with Crippen molar-refractivity contribution in [1.29, 1.82) is 0 Å². The zero-order chi connectivity index (χ0) is 18.5. The molecule has 6 nitrogen and oxygen atoms in total. The molecule has 0 saturated heterocycles. The Balaban J connectivity index is 1.70. The van der Waals surface area contributed by atoms with E-state index in [0.29, 0.717) is 29.4 Å². The zero-order valence-corrected chi connectivity index (χ0v) is 14.4. The van der Waals surface area contributed by atoms with Gasteiger partial charge in [0.05, 0.1) is 20.8 Å². The van der Waals surface area contributed by atoms with Crippen LogP contribution in [0.4, 0.5) is 10.2 Å². The second-order valence-corrected chi connectivity index (χ2v) is 5.58. The van der Waals surface area contributed by atoms with Crippen molar-refractivity contribution in [3.63, 3.8) is 0 Å². The Morgan fingerprint density at radius 1 is 1.08 bits per heavy atom. The van der Waals surface area contributed by atoms with E-state index < -0.39 is 0 Å². The molecule has 0 aliphatic heterocycles. The van der Waals surface area contributed by atoms with Crippen LogP contribution in [-0.2, 0) is 6.54 Å². The molecule has 0 radical (unpaired) electrons.